The van der Waals surface area contributed by atoms with Crippen molar-refractivity contribution in [2.75, 3.05) is 152 Å². The first kappa shape index (κ1) is 104. The van der Waals surface area contributed by atoms with Crippen molar-refractivity contribution in [3.8, 4) is 11.3 Å². The van der Waals surface area contributed by atoms with Crippen LogP contribution in [-0.2, 0) is 115 Å². The molecule has 32 nitrogen and oxygen atoms in total. The maximum Gasteiger partial charge on any atom is 0.329 e. The van der Waals surface area contributed by atoms with Crippen molar-refractivity contribution in [2.45, 2.75) is 233 Å². The Kier molecular flexibility index (Phi) is 43.8. The molecule has 4 aliphatic heterocycles. The first-order chi connectivity index (χ1) is 62.2. The molecule has 2 saturated heterocycles. The van der Waals surface area contributed by atoms with Crippen LogP contribution in [0.5, 0.6) is 0 Å². The molecular weight excluding hydrogens is 1680 g/mol. The highest BCUT2D eigenvalue weighted by Gasteiger charge is 2.53. The number of carbonyl (C=O) groups excluding carboxylic acids is 6. The Labute approximate surface area is 764 Å². The minimum atomic E-state index is -2.45. The molecule has 5 aromatic rings. The van der Waals surface area contributed by atoms with E-state index in [9.17, 15) is 39.0 Å². The number of hydrogen-bond acceptors (Lipinski definition) is 30. The molecule has 0 radical (unpaired) electrons. The van der Waals surface area contributed by atoms with Gasteiger partial charge in [0.05, 0.1) is 123 Å². The Hall–Kier alpha value is -8.23. The van der Waals surface area contributed by atoms with Crippen molar-refractivity contribution >= 4 is 86.4 Å². The summed E-state index contributed by atoms with van der Waals surface area (Å²) < 4.78 is 87.3. The molecule has 2 bridgehead atoms. The van der Waals surface area contributed by atoms with Gasteiger partial charge in [0.15, 0.2) is 22.1 Å². The maximum atomic E-state index is 14.6. The highest BCUT2D eigenvalue weighted by Crippen LogP contribution is 2.40. The number of ketones is 3. The second-order valence-electron chi connectivity index (χ2n) is 34.3. The van der Waals surface area contributed by atoms with Gasteiger partial charge in [0, 0.05) is 103 Å². The number of rotatable bonds is 37. The molecule has 1 aliphatic carbocycles. The molecule has 15 atom stereocenters. The lowest BCUT2D eigenvalue weighted by Gasteiger charge is -2.42. The number of piperidine rings is 1. The van der Waals surface area contributed by atoms with Gasteiger partial charge in [-0.05, 0) is 181 Å². The fraction of sp³-hybridized carbons (Fsp3) is 0.656. The van der Waals surface area contributed by atoms with Crippen LogP contribution in [0.3, 0.4) is 0 Å². The van der Waals surface area contributed by atoms with Crippen molar-refractivity contribution in [1.82, 2.24) is 34.5 Å². The van der Waals surface area contributed by atoms with E-state index in [0.29, 0.717) is 247 Å². The molecule has 2 aromatic carbocycles. The van der Waals surface area contributed by atoms with Crippen molar-refractivity contribution in [3.05, 3.63) is 107 Å². The minimum absolute atomic E-state index is 0.00818. The van der Waals surface area contributed by atoms with Crippen molar-refractivity contribution < 1.29 is 110 Å². The number of hydrogen-bond donors (Lipinski definition) is 4. The molecule has 7 heterocycles. The van der Waals surface area contributed by atoms with Gasteiger partial charge in [-0.2, -0.15) is 10.1 Å². The van der Waals surface area contributed by atoms with Gasteiger partial charge in [-0.3, -0.25) is 24.0 Å². The fourth-order valence-corrected chi connectivity index (χ4v) is 17.5. The molecule has 0 spiro atoms. The molecule has 3 aromatic heterocycles. The molecule has 10 rings (SSSR count). The second-order valence-corrected chi connectivity index (χ2v) is 34.8. The number of nitrogens with two attached hydrogens (primary N) is 2. The highest BCUT2D eigenvalue weighted by molar-refractivity contribution is 7.80. The monoisotopic (exact) mass is 1820 g/mol. The third kappa shape index (κ3) is 31.5. The molecule has 33 heteroatoms. The number of amides is 2. The van der Waals surface area contributed by atoms with E-state index in [1.54, 1.807) is 41.1 Å². The van der Waals surface area contributed by atoms with Crippen LogP contribution in [-0.4, -0.2) is 280 Å². The van der Waals surface area contributed by atoms with Gasteiger partial charge in [0.25, 0.3) is 17.7 Å². The molecule has 5 aliphatic rings. The van der Waals surface area contributed by atoms with E-state index < -0.39 is 77.8 Å². The van der Waals surface area contributed by atoms with E-state index in [-0.39, 0.29) is 72.8 Å². The number of cyclic esters (lactones) is 1. The van der Waals surface area contributed by atoms with E-state index in [0.717, 1.165) is 35.1 Å². The molecule has 714 valence electrons. The van der Waals surface area contributed by atoms with Crippen LogP contribution in [0, 0.1) is 35.5 Å². The first-order valence-electron chi connectivity index (χ1n) is 46.0. The quantitative estimate of drug-likeness (QED) is 0.00943. The molecule has 0 unspecified atom stereocenters. The summed E-state index contributed by atoms with van der Waals surface area (Å²) in [5.74, 6) is -7.66. The average Bonchev–Trinajstić information content (AvgIpc) is 1.60. The number of anilines is 2. The number of aliphatic hydroxyl groups is 2. The summed E-state index contributed by atoms with van der Waals surface area (Å²) in [6, 6.07) is 10.9. The van der Waals surface area contributed by atoms with Crippen molar-refractivity contribution in [1.29, 1.82) is 0 Å². The summed E-state index contributed by atoms with van der Waals surface area (Å²) in [6.07, 6.45) is 15.5. The lowest BCUT2D eigenvalue weighted by atomic mass is 9.78. The summed E-state index contributed by atoms with van der Waals surface area (Å²) in [5.41, 5.74) is 20.1. The Bertz CT molecular complexity index is 4520. The summed E-state index contributed by atoms with van der Waals surface area (Å²) in [6.45, 7) is 26.8. The summed E-state index contributed by atoms with van der Waals surface area (Å²) in [5, 5.41) is 29.7. The number of aliphatic hydroxyl groups excluding tert-OH is 1. The van der Waals surface area contributed by atoms with E-state index >= 15 is 0 Å². The zero-order chi connectivity index (χ0) is 92.9. The fourth-order valence-electron chi connectivity index (χ4n) is 17.2. The molecule has 3 fully saturated rings. The standard InChI is InChI=1S/C61H97NO16S.C35H44N8O7/c1-12-73-29-30-75-32-31-74-28-18-22-54(79)76-50-26-24-46(36-53(50)71-10)35-42(5)52-38-49(63)41(4)34-44(7)56(65)57(72-11)55(64)43(6)33-39(2)19-14-13-15-20-40(3)51(70-9)37-47-25-23-45(8)61(69,78-47)58(66)59(67)62-27-17-16-21-48(62)60(68)77-52;1-2-45-11-12-47-15-16-49-18-17-48-14-13-46-10-8-30(44)42-9-7-25-19-24(3-4-27(25)22-42)21-43-34-31(33(36)38-23-39-34)32(41-43)26-5-6-29-28(20-26)40-35(37)50-29/h13-15,19-20,34,39,41-43,45-48,50-53,56-57,65,69H,12,16-18,21-33,35-38H2,1-11H3;3-6,19-20,23H,2,7-18,21-22H2,1H3,(H2,37,40)(H2,36,38,39)/b15-13+,19-14+,40-20+,44-34+;/t39-,41-,42-,43-,45-,46+,47+,48+,50-,51+,52+,53-,56-,57+,61-;/m1./s1. The number of ether oxygens (including phenoxy) is 14. The van der Waals surface area contributed by atoms with Gasteiger partial charge in [0.2, 0.25) is 11.7 Å². The van der Waals surface area contributed by atoms with Crippen molar-refractivity contribution in [3.63, 3.8) is 0 Å². The lowest BCUT2D eigenvalue weighted by molar-refractivity contribution is -0.265. The smallest absolute Gasteiger partial charge is 0.329 e. The van der Waals surface area contributed by atoms with E-state index in [1.165, 1.54) is 23.9 Å². The van der Waals surface area contributed by atoms with Crippen molar-refractivity contribution in [2.24, 2.45) is 35.5 Å². The number of methoxy groups -OCH3 is 3. The molecular formula is C96H141N9O23S. The topological polar surface area (TPSA) is 400 Å². The zero-order valence-corrected chi connectivity index (χ0v) is 78.5. The van der Waals surface area contributed by atoms with Crippen LogP contribution in [0.25, 0.3) is 33.4 Å². The zero-order valence-electron chi connectivity index (χ0n) is 77.7. The predicted molar refractivity (Wildman–Crippen MR) is 490 cm³/mol. The maximum absolute atomic E-state index is 14.6. The van der Waals surface area contributed by atoms with Crippen LogP contribution in [0.2, 0.25) is 0 Å². The van der Waals surface area contributed by atoms with E-state index in [4.69, 9.17) is 99.5 Å². The number of thiocarbonyl (C=S) groups is 1. The van der Waals surface area contributed by atoms with Crippen LogP contribution >= 0.6 is 12.2 Å². The number of benzene rings is 2. The number of fused-ring (bicyclic) bond motifs is 6. The highest BCUT2D eigenvalue weighted by atomic mass is 32.1. The SMILES string of the molecule is CCOCCOCCOCCCC(=S)O[C@@H]1CC[C@@H](C[C@@H](C)[C@@H]2CC(=O)[C@H](C)/C=C(\C)[C@@H](O)[C@@H](OC)C(=O)[C@H](C)C[C@H](C)/C=C/C=C/C=C(\C)[C@@H](OC)C[C@@H]3CC[C@@H](C)[C@@](O)(O3)C(=O)C(=O)N3CCCC[C@H]3C(=O)O2)C[C@H]1OC.CCOCCOCCOCCOCCOCCC(=O)N1CCc2cc(Cn3nc(-c4ccc5oc(N)nc5c4)c4c(N)ncnc43)ccc2C1. The normalized spacial score (nSPS) is 26.7. The minimum Gasteiger partial charge on any atom is -0.481 e. The van der Waals surface area contributed by atoms with Crippen LogP contribution in [0.4, 0.5) is 11.8 Å². The Morgan fingerprint density at radius 1 is 0.713 bits per heavy atom. The summed E-state index contributed by atoms with van der Waals surface area (Å²) >= 11 is 5.64. The molecule has 6 N–H and O–H groups in total. The number of esters is 1. The van der Waals surface area contributed by atoms with E-state index in [2.05, 4.69) is 33.2 Å². The van der Waals surface area contributed by atoms with Gasteiger partial charge in [-0.15, -0.1) is 0 Å². The number of oxazole rings is 1. The lowest BCUT2D eigenvalue weighted by Crippen LogP contribution is -2.61. The summed E-state index contributed by atoms with van der Waals surface area (Å²) in [4.78, 5) is 101. The molecule has 2 amide bonds. The summed E-state index contributed by atoms with van der Waals surface area (Å²) in [7, 11) is 4.61. The Morgan fingerprint density at radius 2 is 1.40 bits per heavy atom. The predicted octanol–water partition coefficient (Wildman–Crippen LogP) is 11.6. The van der Waals surface area contributed by atoms with Gasteiger partial charge in [-0.1, -0.05) is 89.3 Å². The van der Waals surface area contributed by atoms with E-state index in [1.807, 2.05) is 99.7 Å². The largest absolute Gasteiger partial charge is 0.481 e. The number of Topliss-reactive ketones (excluding diaryl/α,β-unsaturated/α-hetero) is 3. The van der Waals surface area contributed by atoms with Crippen LogP contribution < -0.4 is 11.5 Å². The number of nitrogen functional groups attached to an aromatic ring is 2. The number of nitrogens with zero attached hydrogens (tertiary/aromatic N) is 7. The van der Waals surface area contributed by atoms with Crippen LogP contribution in [0.1, 0.15) is 175 Å². The van der Waals surface area contributed by atoms with Gasteiger partial charge >= 0.3 is 5.97 Å². The Balaban J connectivity index is 0.000000320. The second kappa shape index (κ2) is 54.1. The third-order valence-corrected chi connectivity index (χ3v) is 25.0. The number of allylic oxidation sites excluding steroid dienone is 6. The van der Waals surface area contributed by atoms with Gasteiger partial charge in [0.1, 0.15) is 59.6 Å². The van der Waals surface area contributed by atoms with Gasteiger partial charge < -0.3 is 102 Å². The number of aromatic nitrogens is 5. The molecule has 1 saturated carbocycles. The number of carbonyl (C=O) groups is 6. The first-order valence-corrected chi connectivity index (χ1v) is 46.4. The average molecular weight is 1820 g/mol. The third-order valence-electron chi connectivity index (χ3n) is 24.7. The van der Waals surface area contributed by atoms with Gasteiger partial charge in [-0.25, -0.2) is 19.4 Å². The Morgan fingerprint density at radius 3 is 2.07 bits per heavy atom. The molecule has 129 heavy (non-hydrogen) atoms. The van der Waals surface area contributed by atoms with Crippen LogP contribution in [0.15, 0.2) is 94.7 Å².